The number of amides is 2. The van der Waals surface area contributed by atoms with Crippen LogP contribution in [0, 0.1) is 0 Å². The highest BCUT2D eigenvalue weighted by Gasteiger charge is 2.09. The quantitative estimate of drug-likeness (QED) is 0.242. The molecule has 0 saturated carbocycles. The molecule has 0 atom stereocenters. The second-order valence-electron chi connectivity index (χ2n) is 6.77. The lowest BCUT2D eigenvalue weighted by Crippen LogP contribution is -2.19. The van der Waals surface area contributed by atoms with Gasteiger partial charge in [-0.05, 0) is 61.4 Å². The van der Waals surface area contributed by atoms with E-state index in [1.54, 1.807) is 61.5 Å². The van der Waals surface area contributed by atoms with Crippen LogP contribution in [0.25, 0.3) is 0 Å². The number of hydrogen-bond acceptors (Lipinski definition) is 5. The van der Waals surface area contributed by atoms with Gasteiger partial charge in [0, 0.05) is 17.1 Å². The molecule has 1 aromatic heterocycles. The monoisotopic (exact) mass is 473 g/mol. The van der Waals surface area contributed by atoms with Crippen LogP contribution in [-0.2, 0) is 4.79 Å². The largest absolute Gasteiger partial charge is 0.492 e. The number of furan rings is 1. The van der Waals surface area contributed by atoms with E-state index in [9.17, 15) is 9.59 Å². The number of nitrogens with zero attached hydrogens (tertiary/aromatic N) is 1. The predicted molar refractivity (Wildman–Crippen MR) is 125 cm³/mol. The summed E-state index contributed by atoms with van der Waals surface area (Å²) in [6, 6.07) is 15.3. The van der Waals surface area contributed by atoms with E-state index in [2.05, 4.69) is 15.8 Å². The molecule has 166 valence electrons. The molecule has 0 aliphatic heterocycles. The summed E-state index contributed by atoms with van der Waals surface area (Å²) >= 11 is 11.9. The maximum atomic E-state index is 12.0. The highest BCUT2D eigenvalue weighted by atomic mass is 35.5. The number of anilines is 1. The van der Waals surface area contributed by atoms with Gasteiger partial charge in [-0.25, -0.2) is 5.43 Å². The summed E-state index contributed by atoms with van der Waals surface area (Å²) in [5.74, 6) is 0.200. The summed E-state index contributed by atoms with van der Waals surface area (Å²) in [7, 11) is 0. The van der Waals surface area contributed by atoms with E-state index in [0.29, 0.717) is 40.2 Å². The van der Waals surface area contributed by atoms with Crippen molar-refractivity contribution in [3.8, 4) is 5.75 Å². The van der Waals surface area contributed by atoms with Gasteiger partial charge >= 0.3 is 0 Å². The molecular weight excluding hydrogens is 453 g/mol. The number of nitrogens with one attached hydrogen (secondary N) is 2. The fourth-order valence-corrected chi connectivity index (χ4v) is 3.13. The highest BCUT2D eigenvalue weighted by molar-refractivity contribution is 6.35. The summed E-state index contributed by atoms with van der Waals surface area (Å²) in [4.78, 5) is 24.0. The number of hydrazone groups is 1. The zero-order chi connectivity index (χ0) is 22.9. The summed E-state index contributed by atoms with van der Waals surface area (Å²) in [5, 5.41) is 7.82. The van der Waals surface area contributed by atoms with Gasteiger partial charge in [-0.2, -0.15) is 5.10 Å². The molecule has 3 aromatic rings. The van der Waals surface area contributed by atoms with Crippen molar-refractivity contribution < 1.29 is 18.7 Å². The fraction of sp³-hybridized carbons (Fsp3) is 0.174. The van der Waals surface area contributed by atoms with Crippen LogP contribution >= 0.6 is 23.2 Å². The van der Waals surface area contributed by atoms with Crippen molar-refractivity contribution in [3.05, 3.63) is 82.2 Å². The van der Waals surface area contributed by atoms with Gasteiger partial charge < -0.3 is 14.5 Å². The molecular formula is C23H21Cl2N3O4. The minimum Gasteiger partial charge on any atom is -0.492 e. The molecule has 0 fully saturated rings. The SMILES string of the molecule is C/C(=N\NC(=O)CCCOc1ccc(Cl)cc1Cl)c1ccc(NC(=O)c2ccco2)cc1. The Hall–Kier alpha value is -3.29. The molecule has 32 heavy (non-hydrogen) atoms. The normalized spacial score (nSPS) is 11.2. The molecule has 0 aliphatic rings. The van der Waals surface area contributed by atoms with Crippen molar-refractivity contribution in [2.75, 3.05) is 11.9 Å². The number of ether oxygens (including phenoxy) is 1. The van der Waals surface area contributed by atoms with Gasteiger partial charge in [-0.1, -0.05) is 35.3 Å². The molecule has 0 radical (unpaired) electrons. The maximum Gasteiger partial charge on any atom is 0.291 e. The number of rotatable bonds is 9. The molecule has 0 bridgehead atoms. The third kappa shape index (κ3) is 6.87. The van der Waals surface area contributed by atoms with Gasteiger partial charge in [0.2, 0.25) is 5.91 Å². The first kappa shape index (κ1) is 23.4. The average Bonchev–Trinajstić information content (AvgIpc) is 3.32. The fourth-order valence-electron chi connectivity index (χ4n) is 2.67. The van der Waals surface area contributed by atoms with Crippen molar-refractivity contribution in [1.29, 1.82) is 0 Å². The van der Waals surface area contributed by atoms with E-state index in [0.717, 1.165) is 5.56 Å². The number of halogens is 2. The Morgan fingerprint density at radius 3 is 2.56 bits per heavy atom. The Morgan fingerprint density at radius 2 is 1.88 bits per heavy atom. The van der Waals surface area contributed by atoms with Gasteiger partial charge in [0.05, 0.1) is 23.6 Å². The van der Waals surface area contributed by atoms with Crippen molar-refractivity contribution >= 4 is 46.4 Å². The van der Waals surface area contributed by atoms with Gasteiger partial charge in [-0.15, -0.1) is 0 Å². The molecule has 0 saturated heterocycles. The van der Waals surface area contributed by atoms with E-state index < -0.39 is 0 Å². The first-order chi connectivity index (χ1) is 15.4. The zero-order valence-electron chi connectivity index (χ0n) is 17.2. The lowest BCUT2D eigenvalue weighted by atomic mass is 10.1. The minimum atomic E-state index is -0.331. The topological polar surface area (TPSA) is 92.9 Å². The summed E-state index contributed by atoms with van der Waals surface area (Å²) in [6.07, 6.45) is 2.19. The molecule has 1 heterocycles. The molecule has 2 amide bonds. The highest BCUT2D eigenvalue weighted by Crippen LogP contribution is 2.27. The smallest absolute Gasteiger partial charge is 0.291 e. The summed E-state index contributed by atoms with van der Waals surface area (Å²) in [6.45, 7) is 2.12. The van der Waals surface area contributed by atoms with Crippen molar-refractivity contribution in [3.63, 3.8) is 0 Å². The Kier molecular flexibility index (Phi) is 8.30. The van der Waals surface area contributed by atoms with E-state index in [4.69, 9.17) is 32.4 Å². The number of carbonyl (C=O) groups excluding carboxylic acids is 2. The first-order valence-corrected chi connectivity index (χ1v) is 10.5. The number of carbonyl (C=O) groups is 2. The molecule has 9 heteroatoms. The zero-order valence-corrected chi connectivity index (χ0v) is 18.7. The van der Waals surface area contributed by atoms with Crippen LogP contribution in [0.1, 0.15) is 35.9 Å². The van der Waals surface area contributed by atoms with Gasteiger partial charge in [0.1, 0.15) is 5.75 Å². The third-order valence-corrected chi connectivity index (χ3v) is 4.88. The van der Waals surface area contributed by atoms with Crippen LogP contribution in [-0.4, -0.2) is 24.1 Å². The second kappa shape index (κ2) is 11.4. The van der Waals surface area contributed by atoms with E-state index in [1.165, 1.54) is 6.26 Å². The van der Waals surface area contributed by atoms with Crippen LogP contribution < -0.4 is 15.5 Å². The second-order valence-corrected chi connectivity index (χ2v) is 7.61. The molecule has 0 aliphatic carbocycles. The Balaban J connectivity index is 1.42. The number of hydrogen-bond donors (Lipinski definition) is 2. The van der Waals surface area contributed by atoms with Gasteiger partial charge in [-0.3, -0.25) is 9.59 Å². The predicted octanol–water partition coefficient (Wildman–Crippen LogP) is 5.54. The van der Waals surface area contributed by atoms with Crippen LogP contribution in [0.3, 0.4) is 0 Å². The summed E-state index contributed by atoms with van der Waals surface area (Å²) in [5.41, 5.74) is 4.59. The first-order valence-electron chi connectivity index (χ1n) is 9.78. The van der Waals surface area contributed by atoms with Crippen molar-refractivity contribution in [2.24, 2.45) is 5.10 Å². The van der Waals surface area contributed by atoms with Crippen molar-refractivity contribution in [1.82, 2.24) is 5.43 Å². The van der Waals surface area contributed by atoms with Gasteiger partial charge in [0.15, 0.2) is 5.76 Å². The summed E-state index contributed by atoms with van der Waals surface area (Å²) < 4.78 is 10.6. The maximum absolute atomic E-state index is 12.0. The Bertz CT molecular complexity index is 1100. The molecule has 2 N–H and O–H groups in total. The minimum absolute atomic E-state index is 0.225. The van der Waals surface area contributed by atoms with E-state index in [1.807, 2.05) is 0 Å². The van der Waals surface area contributed by atoms with E-state index >= 15 is 0 Å². The molecule has 0 spiro atoms. The lowest BCUT2D eigenvalue weighted by Gasteiger charge is -2.08. The third-order valence-electron chi connectivity index (χ3n) is 4.35. The molecule has 7 nitrogen and oxygen atoms in total. The lowest BCUT2D eigenvalue weighted by molar-refractivity contribution is -0.121. The molecule has 0 unspecified atom stereocenters. The van der Waals surface area contributed by atoms with Crippen LogP contribution in [0.5, 0.6) is 5.75 Å². The van der Waals surface area contributed by atoms with Crippen LogP contribution in [0.4, 0.5) is 5.69 Å². The number of benzene rings is 2. The van der Waals surface area contributed by atoms with E-state index in [-0.39, 0.29) is 24.0 Å². The van der Waals surface area contributed by atoms with Crippen molar-refractivity contribution in [2.45, 2.75) is 19.8 Å². The standard InChI is InChI=1S/C23H21Cl2N3O4/c1-15(16-6-9-18(10-7-16)26-23(30)21-4-2-12-32-21)27-28-22(29)5-3-13-31-20-11-8-17(24)14-19(20)25/h2,4,6-12,14H,3,5,13H2,1H3,(H,26,30)(H,28,29)/b27-15+. The Labute approximate surface area is 195 Å². The molecule has 3 rings (SSSR count). The van der Waals surface area contributed by atoms with Crippen LogP contribution in [0.15, 0.2) is 70.4 Å². The molecule has 2 aromatic carbocycles. The average molecular weight is 474 g/mol. The van der Waals surface area contributed by atoms with Gasteiger partial charge in [0.25, 0.3) is 5.91 Å². The van der Waals surface area contributed by atoms with Crippen LogP contribution in [0.2, 0.25) is 10.0 Å². The Morgan fingerprint density at radius 1 is 1.09 bits per heavy atom.